The van der Waals surface area contributed by atoms with Crippen molar-refractivity contribution in [2.45, 2.75) is 47.3 Å². The van der Waals surface area contributed by atoms with Crippen molar-refractivity contribution in [1.29, 1.82) is 0 Å². The maximum Gasteiger partial charge on any atom is 0.0125 e. The largest absolute Gasteiger partial charge is 0.126 e. The summed E-state index contributed by atoms with van der Waals surface area (Å²) in [4.78, 5) is 5.44. The second kappa shape index (κ2) is 8.21. The number of hydrogen-bond acceptors (Lipinski definition) is 3. The molecule has 0 aliphatic heterocycles. The van der Waals surface area contributed by atoms with Crippen LogP contribution in [0.3, 0.4) is 0 Å². The Morgan fingerprint density at radius 2 is 1.14 bits per heavy atom. The average Bonchev–Trinajstić information content (AvgIpc) is 2.45. The molecule has 0 aliphatic carbocycles. The minimum atomic E-state index is 1.13. The van der Waals surface area contributed by atoms with Gasteiger partial charge >= 0.3 is 0 Å². The van der Waals surface area contributed by atoms with Crippen molar-refractivity contribution in [3.63, 3.8) is 0 Å². The molecule has 0 spiro atoms. The summed E-state index contributed by atoms with van der Waals surface area (Å²) in [6, 6.07) is 13.6. The lowest BCUT2D eigenvalue weighted by atomic mass is 10.2. The second-order valence-corrected chi connectivity index (χ2v) is 8.58. The molecule has 3 heteroatoms. The van der Waals surface area contributed by atoms with Crippen molar-refractivity contribution >= 4 is 35.3 Å². The molecule has 0 aromatic heterocycles. The van der Waals surface area contributed by atoms with E-state index in [1.807, 2.05) is 35.3 Å². The third-order valence-corrected chi connectivity index (χ3v) is 6.22. The normalized spacial score (nSPS) is 10.9. The first-order valence-corrected chi connectivity index (χ1v) is 10.1. The van der Waals surface area contributed by atoms with Gasteiger partial charge in [0.25, 0.3) is 0 Å². The van der Waals surface area contributed by atoms with Crippen LogP contribution < -0.4 is 0 Å². The molecule has 2 aromatic rings. The molecule has 0 fully saturated rings. The van der Waals surface area contributed by atoms with Crippen molar-refractivity contribution in [3.8, 4) is 0 Å². The molecule has 0 nitrogen and oxygen atoms in total. The zero-order valence-electron chi connectivity index (χ0n) is 13.1. The monoisotopic (exact) mass is 334 g/mol. The van der Waals surface area contributed by atoms with E-state index >= 15 is 0 Å². The van der Waals surface area contributed by atoms with E-state index in [4.69, 9.17) is 0 Å². The molecular formula is C18H22S3. The van der Waals surface area contributed by atoms with Crippen LogP contribution in [0.25, 0.3) is 0 Å². The van der Waals surface area contributed by atoms with Crippen LogP contribution in [0.5, 0.6) is 0 Å². The second-order valence-electron chi connectivity index (χ2n) is 4.82. The molecule has 0 N–H and O–H groups in total. The first-order chi connectivity index (χ1) is 10.1. The van der Waals surface area contributed by atoms with Gasteiger partial charge in [0.05, 0.1) is 0 Å². The number of benzene rings is 2. The smallest absolute Gasteiger partial charge is 0.0125 e. The number of thioether (sulfide) groups is 2. The van der Waals surface area contributed by atoms with E-state index in [1.165, 1.54) is 30.7 Å². The molecule has 2 rings (SSSR count). The van der Waals surface area contributed by atoms with Gasteiger partial charge in [0.15, 0.2) is 0 Å². The van der Waals surface area contributed by atoms with E-state index in [0.717, 1.165) is 11.5 Å². The predicted octanol–water partition coefficient (Wildman–Crippen LogP) is 6.68. The summed E-state index contributed by atoms with van der Waals surface area (Å²) in [5.41, 5.74) is 2.75. The zero-order valence-corrected chi connectivity index (χ0v) is 15.6. The van der Waals surface area contributed by atoms with Gasteiger partial charge in [-0.15, -0.1) is 23.5 Å². The zero-order chi connectivity index (χ0) is 15.2. The summed E-state index contributed by atoms with van der Waals surface area (Å²) >= 11 is 5.68. The highest BCUT2D eigenvalue weighted by atomic mass is 32.2. The molecule has 2 aromatic carbocycles. The lowest BCUT2D eigenvalue weighted by Crippen LogP contribution is -1.84. The van der Waals surface area contributed by atoms with E-state index in [-0.39, 0.29) is 0 Å². The highest BCUT2D eigenvalue weighted by molar-refractivity contribution is 8.00. The molecule has 0 saturated carbocycles. The molecule has 0 heterocycles. The van der Waals surface area contributed by atoms with Gasteiger partial charge in [0, 0.05) is 19.6 Å². The van der Waals surface area contributed by atoms with Crippen LogP contribution >= 0.6 is 35.3 Å². The Hall–Kier alpha value is -0.510. The van der Waals surface area contributed by atoms with Gasteiger partial charge in [0.2, 0.25) is 0 Å². The molecule has 0 bridgehead atoms. The topological polar surface area (TPSA) is 0 Å². The van der Waals surface area contributed by atoms with Crippen LogP contribution in [0.2, 0.25) is 0 Å². The first-order valence-electron chi connectivity index (χ1n) is 7.28. The van der Waals surface area contributed by atoms with Gasteiger partial charge in [-0.2, -0.15) is 0 Å². The molecule has 0 unspecified atom stereocenters. The number of aryl methyl sites for hydroxylation is 2. The third kappa shape index (κ3) is 4.73. The predicted molar refractivity (Wildman–Crippen MR) is 99.3 cm³/mol. The van der Waals surface area contributed by atoms with Crippen LogP contribution in [-0.2, 0) is 0 Å². The van der Waals surface area contributed by atoms with Gasteiger partial charge in [-0.3, -0.25) is 0 Å². The van der Waals surface area contributed by atoms with Crippen molar-refractivity contribution in [1.82, 2.24) is 0 Å². The molecule has 0 amide bonds. The van der Waals surface area contributed by atoms with Gasteiger partial charge in [0.1, 0.15) is 0 Å². The van der Waals surface area contributed by atoms with Crippen LogP contribution in [0.15, 0.2) is 56.0 Å². The summed E-state index contributed by atoms with van der Waals surface area (Å²) in [5, 5.41) is 0. The molecule has 112 valence electrons. The quantitative estimate of drug-likeness (QED) is 0.541. The van der Waals surface area contributed by atoms with E-state index in [2.05, 4.69) is 64.1 Å². The Morgan fingerprint density at radius 3 is 1.48 bits per heavy atom. The Bertz CT molecular complexity index is 552. The molecule has 21 heavy (non-hydrogen) atoms. The van der Waals surface area contributed by atoms with Crippen LogP contribution in [0.1, 0.15) is 25.0 Å². The minimum Gasteiger partial charge on any atom is -0.126 e. The Labute approximate surface area is 141 Å². The van der Waals surface area contributed by atoms with E-state index < -0.39 is 0 Å². The van der Waals surface area contributed by atoms with Gasteiger partial charge in [-0.1, -0.05) is 25.6 Å². The van der Waals surface area contributed by atoms with Crippen molar-refractivity contribution in [2.75, 3.05) is 11.5 Å². The van der Waals surface area contributed by atoms with E-state index in [1.54, 1.807) is 0 Å². The van der Waals surface area contributed by atoms with Crippen molar-refractivity contribution < 1.29 is 0 Å². The highest BCUT2D eigenvalue weighted by Crippen LogP contribution is 2.34. The molecule has 0 aliphatic rings. The lowest BCUT2D eigenvalue weighted by molar-refractivity contribution is 1.22. The fourth-order valence-corrected chi connectivity index (χ4v) is 4.68. The van der Waals surface area contributed by atoms with Gasteiger partial charge in [-0.05, 0) is 72.9 Å². The van der Waals surface area contributed by atoms with E-state index in [0.29, 0.717) is 0 Å². The summed E-state index contributed by atoms with van der Waals surface area (Å²) in [5.74, 6) is 2.26. The maximum absolute atomic E-state index is 2.30. The van der Waals surface area contributed by atoms with Crippen LogP contribution in [0.4, 0.5) is 0 Å². The summed E-state index contributed by atoms with van der Waals surface area (Å²) in [7, 11) is 0. The standard InChI is InChI=1S/C18H22S3/c1-5-19-17-9-7-15(11-13(17)3)21-16-8-10-18(20-6-2)14(4)12-16/h7-12H,5-6H2,1-4H3. The minimum absolute atomic E-state index is 1.13. The Balaban J connectivity index is 2.14. The molecule has 0 saturated heterocycles. The molecular weight excluding hydrogens is 312 g/mol. The van der Waals surface area contributed by atoms with Gasteiger partial charge < -0.3 is 0 Å². The fraction of sp³-hybridized carbons (Fsp3) is 0.333. The summed E-state index contributed by atoms with van der Waals surface area (Å²) in [6.45, 7) is 8.80. The Morgan fingerprint density at radius 1 is 0.714 bits per heavy atom. The first kappa shape index (κ1) is 16.9. The highest BCUT2D eigenvalue weighted by Gasteiger charge is 2.04. The fourth-order valence-electron chi connectivity index (χ4n) is 2.14. The molecule has 0 radical (unpaired) electrons. The third-order valence-electron chi connectivity index (χ3n) is 3.13. The maximum atomic E-state index is 2.30. The van der Waals surface area contributed by atoms with E-state index in [9.17, 15) is 0 Å². The summed E-state index contributed by atoms with van der Waals surface area (Å²) in [6.07, 6.45) is 0. The number of hydrogen-bond donors (Lipinski definition) is 0. The van der Waals surface area contributed by atoms with Crippen molar-refractivity contribution in [2.24, 2.45) is 0 Å². The summed E-state index contributed by atoms with van der Waals surface area (Å²) < 4.78 is 0. The number of rotatable bonds is 6. The molecule has 0 atom stereocenters. The van der Waals surface area contributed by atoms with Gasteiger partial charge in [-0.25, -0.2) is 0 Å². The SMILES string of the molecule is CCSc1ccc(Sc2ccc(SCC)c(C)c2)cc1C. The van der Waals surface area contributed by atoms with Crippen molar-refractivity contribution in [3.05, 3.63) is 47.5 Å². The average molecular weight is 335 g/mol. The lowest BCUT2D eigenvalue weighted by Gasteiger charge is -2.09. The Kier molecular flexibility index (Phi) is 6.59. The van der Waals surface area contributed by atoms with Crippen LogP contribution in [-0.4, -0.2) is 11.5 Å². The van der Waals surface area contributed by atoms with Crippen LogP contribution in [0, 0.1) is 13.8 Å².